The van der Waals surface area contributed by atoms with E-state index in [0.717, 1.165) is 30.5 Å². The molecule has 0 aliphatic rings. The van der Waals surface area contributed by atoms with Crippen molar-refractivity contribution in [3.63, 3.8) is 0 Å². The van der Waals surface area contributed by atoms with Crippen molar-refractivity contribution >= 4 is 12.4 Å². The zero-order valence-electron chi connectivity index (χ0n) is 13.7. The second-order valence-electron chi connectivity index (χ2n) is 5.82. The van der Waals surface area contributed by atoms with E-state index in [-0.39, 0.29) is 24.2 Å². The Balaban J connectivity index is 0.00000264. The number of aliphatic hydroxyl groups excluding tert-OH is 1. The Kier molecular flexibility index (Phi) is 8.10. The lowest BCUT2D eigenvalue weighted by Crippen LogP contribution is -2.33. The normalized spacial score (nSPS) is 13.2. The molecule has 0 saturated carbocycles. The first-order valence-electron chi connectivity index (χ1n) is 7.83. The fraction of sp³-hybridized carbons (Fsp3) is 0.368. The molecular weight excluding hydrogens is 310 g/mol. The van der Waals surface area contributed by atoms with E-state index in [0.29, 0.717) is 0 Å². The molecular formula is C19H26ClNO2. The average molecular weight is 336 g/mol. The molecule has 2 aromatic carbocycles. The molecule has 0 aliphatic heterocycles. The lowest BCUT2D eigenvalue weighted by Gasteiger charge is -2.21. The van der Waals surface area contributed by atoms with Gasteiger partial charge in [-0.3, -0.25) is 0 Å². The molecule has 0 saturated heterocycles. The number of aromatic hydroxyl groups is 1. The Morgan fingerprint density at radius 1 is 1.09 bits per heavy atom. The number of aryl methyl sites for hydroxylation is 2. The van der Waals surface area contributed by atoms with Crippen LogP contribution in [0.1, 0.15) is 36.1 Å². The Hall–Kier alpha value is -1.55. The Labute approximate surface area is 144 Å². The fourth-order valence-corrected chi connectivity index (χ4v) is 2.48. The number of phenols is 1. The summed E-state index contributed by atoms with van der Waals surface area (Å²) in [5, 5.41) is 23.4. The van der Waals surface area contributed by atoms with Crippen LogP contribution >= 0.6 is 12.4 Å². The second kappa shape index (κ2) is 9.56. The lowest BCUT2D eigenvalue weighted by molar-refractivity contribution is 0.136. The van der Waals surface area contributed by atoms with Gasteiger partial charge in [0.1, 0.15) is 5.75 Å². The van der Waals surface area contributed by atoms with Gasteiger partial charge in [-0.15, -0.1) is 12.4 Å². The zero-order chi connectivity index (χ0) is 15.9. The van der Waals surface area contributed by atoms with E-state index in [2.05, 4.69) is 29.6 Å². The zero-order valence-corrected chi connectivity index (χ0v) is 14.5. The molecule has 0 bridgehead atoms. The van der Waals surface area contributed by atoms with Crippen LogP contribution in [0.25, 0.3) is 0 Å². The van der Waals surface area contributed by atoms with Gasteiger partial charge in [-0.1, -0.05) is 42.5 Å². The maximum Gasteiger partial charge on any atom is 0.118 e. The number of hydrogen-bond acceptors (Lipinski definition) is 3. The van der Waals surface area contributed by atoms with Crippen molar-refractivity contribution in [3.8, 4) is 5.75 Å². The largest absolute Gasteiger partial charge is 0.508 e. The molecule has 0 fully saturated rings. The molecule has 0 amide bonds. The van der Waals surface area contributed by atoms with Crippen molar-refractivity contribution in [2.24, 2.45) is 0 Å². The smallest absolute Gasteiger partial charge is 0.118 e. The molecule has 126 valence electrons. The summed E-state index contributed by atoms with van der Waals surface area (Å²) in [6, 6.07) is 15.7. The van der Waals surface area contributed by atoms with E-state index in [1.54, 1.807) is 6.07 Å². The Morgan fingerprint density at radius 2 is 1.78 bits per heavy atom. The minimum atomic E-state index is -0.622. The topological polar surface area (TPSA) is 52.5 Å². The maximum absolute atomic E-state index is 10.3. The first-order valence-corrected chi connectivity index (χ1v) is 7.83. The number of halogens is 1. The van der Waals surface area contributed by atoms with Gasteiger partial charge in [-0.25, -0.2) is 0 Å². The highest BCUT2D eigenvalue weighted by Crippen LogP contribution is 2.24. The van der Waals surface area contributed by atoms with Crippen LogP contribution in [0.2, 0.25) is 0 Å². The lowest BCUT2D eigenvalue weighted by atomic mass is 10.0. The van der Waals surface area contributed by atoms with E-state index in [1.165, 1.54) is 5.56 Å². The van der Waals surface area contributed by atoms with Crippen molar-refractivity contribution in [1.82, 2.24) is 5.32 Å². The van der Waals surface area contributed by atoms with Crippen molar-refractivity contribution in [2.75, 3.05) is 6.54 Å². The standard InChI is InChI=1S/C19H25NO2.ClH/c1-14-10-11-17(13-18(14)21)19(22)15(2)20-12-6-9-16-7-4-3-5-8-16;/h3-5,7-8,10-11,13,15,19-22H,6,9,12H2,1-2H3;1H. The second-order valence-corrected chi connectivity index (χ2v) is 5.82. The number of nitrogens with one attached hydrogen (secondary N) is 1. The highest BCUT2D eigenvalue weighted by molar-refractivity contribution is 5.85. The summed E-state index contributed by atoms with van der Waals surface area (Å²) in [5.41, 5.74) is 2.89. The molecule has 3 N–H and O–H groups in total. The summed E-state index contributed by atoms with van der Waals surface area (Å²) in [4.78, 5) is 0. The van der Waals surface area contributed by atoms with Crippen LogP contribution in [0.15, 0.2) is 48.5 Å². The summed E-state index contributed by atoms with van der Waals surface area (Å²) >= 11 is 0. The highest BCUT2D eigenvalue weighted by Gasteiger charge is 2.16. The summed E-state index contributed by atoms with van der Waals surface area (Å²) in [7, 11) is 0. The number of rotatable bonds is 7. The first kappa shape index (κ1) is 19.5. The number of hydrogen-bond donors (Lipinski definition) is 3. The third-order valence-corrected chi connectivity index (χ3v) is 4.00. The number of benzene rings is 2. The van der Waals surface area contributed by atoms with Gasteiger partial charge in [0, 0.05) is 6.04 Å². The van der Waals surface area contributed by atoms with Crippen molar-refractivity contribution in [2.45, 2.75) is 38.8 Å². The van der Waals surface area contributed by atoms with Gasteiger partial charge < -0.3 is 15.5 Å². The first-order chi connectivity index (χ1) is 10.6. The van der Waals surface area contributed by atoms with E-state index < -0.39 is 6.10 Å². The van der Waals surface area contributed by atoms with Gasteiger partial charge in [0.05, 0.1) is 6.10 Å². The quantitative estimate of drug-likeness (QED) is 0.675. The van der Waals surface area contributed by atoms with E-state index in [4.69, 9.17) is 0 Å². The molecule has 2 atom stereocenters. The predicted molar refractivity (Wildman–Crippen MR) is 97.3 cm³/mol. The fourth-order valence-electron chi connectivity index (χ4n) is 2.48. The van der Waals surface area contributed by atoms with Crippen LogP contribution in [0.5, 0.6) is 5.75 Å². The summed E-state index contributed by atoms with van der Waals surface area (Å²) in [5.74, 6) is 0.229. The molecule has 2 aromatic rings. The third-order valence-electron chi connectivity index (χ3n) is 4.00. The molecule has 0 radical (unpaired) electrons. The molecule has 23 heavy (non-hydrogen) atoms. The molecule has 0 spiro atoms. The van der Waals surface area contributed by atoms with Gasteiger partial charge in [0.2, 0.25) is 0 Å². The molecule has 0 aliphatic carbocycles. The molecule has 2 unspecified atom stereocenters. The van der Waals surface area contributed by atoms with Crippen molar-refractivity contribution in [3.05, 3.63) is 65.2 Å². The molecule has 4 heteroatoms. The molecule has 2 rings (SSSR count). The molecule has 3 nitrogen and oxygen atoms in total. The van der Waals surface area contributed by atoms with Gasteiger partial charge in [0.25, 0.3) is 0 Å². The maximum atomic E-state index is 10.3. The van der Waals surface area contributed by atoms with Crippen LogP contribution in [0, 0.1) is 6.92 Å². The number of aliphatic hydroxyl groups is 1. The van der Waals surface area contributed by atoms with E-state index in [1.807, 2.05) is 32.0 Å². The molecule has 0 heterocycles. The monoisotopic (exact) mass is 335 g/mol. The van der Waals surface area contributed by atoms with Crippen LogP contribution in [-0.4, -0.2) is 22.8 Å². The number of phenolic OH excluding ortho intramolecular Hbond substituents is 1. The van der Waals surface area contributed by atoms with Crippen molar-refractivity contribution < 1.29 is 10.2 Å². The summed E-state index contributed by atoms with van der Waals surface area (Å²) in [6.45, 7) is 4.66. The minimum Gasteiger partial charge on any atom is -0.508 e. The summed E-state index contributed by atoms with van der Waals surface area (Å²) < 4.78 is 0. The van der Waals surface area contributed by atoms with E-state index >= 15 is 0 Å². The van der Waals surface area contributed by atoms with Crippen LogP contribution in [-0.2, 0) is 6.42 Å². The predicted octanol–water partition coefficient (Wildman–Crippen LogP) is 3.77. The van der Waals surface area contributed by atoms with Crippen LogP contribution in [0.4, 0.5) is 0 Å². The van der Waals surface area contributed by atoms with Gasteiger partial charge in [-0.2, -0.15) is 0 Å². The Bertz CT molecular complexity index is 589. The average Bonchev–Trinajstić information content (AvgIpc) is 2.54. The van der Waals surface area contributed by atoms with Gasteiger partial charge in [-0.05, 0) is 56.0 Å². The van der Waals surface area contributed by atoms with E-state index in [9.17, 15) is 10.2 Å². The molecule has 0 aromatic heterocycles. The SMILES string of the molecule is Cc1ccc(C(O)C(C)NCCCc2ccccc2)cc1O.Cl. The van der Waals surface area contributed by atoms with Crippen molar-refractivity contribution in [1.29, 1.82) is 0 Å². The van der Waals surface area contributed by atoms with Crippen LogP contribution in [0.3, 0.4) is 0 Å². The summed E-state index contributed by atoms with van der Waals surface area (Å²) in [6.07, 6.45) is 1.44. The van der Waals surface area contributed by atoms with Gasteiger partial charge in [0.15, 0.2) is 0 Å². The third kappa shape index (κ3) is 5.87. The van der Waals surface area contributed by atoms with Crippen LogP contribution < -0.4 is 5.32 Å². The minimum absolute atomic E-state index is 0. The highest BCUT2D eigenvalue weighted by atomic mass is 35.5. The van der Waals surface area contributed by atoms with Gasteiger partial charge >= 0.3 is 0 Å². The Morgan fingerprint density at radius 3 is 2.43 bits per heavy atom.